The largest absolute Gasteiger partial charge is 0.478 e. The summed E-state index contributed by atoms with van der Waals surface area (Å²) in [6.45, 7) is 2.10. The van der Waals surface area contributed by atoms with Crippen molar-refractivity contribution >= 4 is 40.4 Å². The minimum absolute atomic E-state index is 0.0154. The van der Waals surface area contributed by atoms with E-state index in [1.54, 1.807) is 30.3 Å². The van der Waals surface area contributed by atoms with Gasteiger partial charge in [-0.05, 0) is 71.0 Å². The van der Waals surface area contributed by atoms with Crippen molar-refractivity contribution in [1.29, 1.82) is 0 Å². The number of terminal acetylenes is 1. The van der Waals surface area contributed by atoms with Crippen LogP contribution in [0.1, 0.15) is 37.4 Å². The maximum Gasteiger partial charge on any atom is 0.335 e. The molecule has 2 amide bonds. The number of carbonyl (C=O) groups is 3. The molecule has 37 heavy (non-hydrogen) atoms. The minimum atomic E-state index is -1.03. The number of aromatic carboxylic acids is 1. The number of carboxylic acid groups (broad SMARTS) is 1. The maximum absolute atomic E-state index is 13.2. The van der Waals surface area contributed by atoms with Gasteiger partial charge in [-0.2, -0.15) is 0 Å². The number of ether oxygens (including phenoxy) is 1. The molecular formula is C29H27IN2O5. The molecule has 0 spiro atoms. The van der Waals surface area contributed by atoms with Gasteiger partial charge in [-0.25, -0.2) is 4.79 Å². The standard InChI is InChI=1S/C29H27IN2O5/c1-3-25(18-37-17-21-9-5-11-23(14-21)29(35)36)31-28(34)26(15-20-8-4-7-19(2)13-20)32-27(33)22-10-6-12-24(30)16-22/h1,4-14,16,25-26H,15,17-18H2,2H3,(H,31,34)(H,32,33)(H,35,36)/t25-,26+/m1/s1. The van der Waals surface area contributed by atoms with Crippen LogP contribution in [0.15, 0.2) is 72.8 Å². The minimum Gasteiger partial charge on any atom is -0.478 e. The lowest BCUT2D eigenvalue weighted by atomic mass is 10.0. The predicted octanol–water partition coefficient (Wildman–Crippen LogP) is 3.97. The van der Waals surface area contributed by atoms with Crippen molar-refractivity contribution in [3.63, 3.8) is 0 Å². The van der Waals surface area contributed by atoms with Gasteiger partial charge in [-0.3, -0.25) is 9.59 Å². The zero-order valence-corrected chi connectivity index (χ0v) is 22.4. The molecule has 8 heteroatoms. The van der Waals surface area contributed by atoms with Crippen molar-refractivity contribution < 1.29 is 24.2 Å². The van der Waals surface area contributed by atoms with Gasteiger partial charge in [-0.15, -0.1) is 6.42 Å². The Kier molecular flexibility index (Phi) is 10.2. The van der Waals surface area contributed by atoms with Crippen LogP contribution in [0.5, 0.6) is 0 Å². The molecule has 3 N–H and O–H groups in total. The predicted molar refractivity (Wildman–Crippen MR) is 149 cm³/mol. The van der Waals surface area contributed by atoms with Crippen molar-refractivity contribution in [3.05, 3.63) is 104 Å². The molecule has 7 nitrogen and oxygen atoms in total. The van der Waals surface area contributed by atoms with Crippen LogP contribution in [0.4, 0.5) is 0 Å². The molecule has 0 heterocycles. The highest BCUT2D eigenvalue weighted by molar-refractivity contribution is 14.1. The topological polar surface area (TPSA) is 105 Å². The third-order valence-corrected chi connectivity index (χ3v) is 6.15. The second-order valence-corrected chi connectivity index (χ2v) is 9.72. The zero-order valence-electron chi connectivity index (χ0n) is 20.2. The van der Waals surface area contributed by atoms with Crippen molar-refractivity contribution in [2.75, 3.05) is 6.61 Å². The van der Waals surface area contributed by atoms with Gasteiger partial charge in [0.15, 0.2) is 0 Å². The van der Waals surface area contributed by atoms with Gasteiger partial charge < -0.3 is 20.5 Å². The van der Waals surface area contributed by atoms with Crippen LogP contribution in [0.2, 0.25) is 0 Å². The van der Waals surface area contributed by atoms with E-state index in [1.807, 2.05) is 37.3 Å². The summed E-state index contributed by atoms with van der Waals surface area (Å²) in [5.74, 6) is 0.686. The smallest absolute Gasteiger partial charge is 0.335 e. The van der Waals surface area contributed by atoms with Gasteiger partial charge in [0.2, 0.25) is 5.91 Å². The fourth-order valence-corrected chi connectivity index (χ4v) is 4.19. The van der Waals surface area contributed by atoms with E-state index in [0.717, 1.165) is 14.7 Å². The van der Waals surface area contributed by atoms with Crippen molar-refractivity contribution in [2.24, 2.45) is 0 Å². The van der Waals surface area contributed by atoms with E-state index in [4.69, 9.17) is 16.3 Å². The van der Waals surface area contributed by atoms with E-state index in [1.165, 1.54) is 12.1 Å². The Morgan fingerprint density at radius 2 is 1.68 bits per heavy atom. The van der Waals surface area contributed by atoms with Gasteiger partial charge in [0.25, 0.3) is 5.91 Å². The second kappa shape index (κ2) is 13.6. The highest BCUT2D eigenvalue weighted by Gasteiger charge is 2.24. The van der Waals surface area contributed by atoms with Crippen molar-refractivity contribution in [2.45, 2.75) is 32.0 Å². The van der Waals surface area contributed by atoms with Crippen LogP contribution in [0.3, 0.4) is 0 Å². The fourth-order valence-electron chi connectivity index (χ4n) is 3.65. The lowest BCUT2D eigenvalue weighted by molar-refractivity contribution is -0.123. The summed E-state index contributed by atoms with van der Waals surface area (Å²) in [5, 5.41) is 14.7. The SMILES string of the molecule is C#C[C@H](COCc1cccc(C(=O)O)c1)NC(=O)[C@H](Cc1cccc(C)c1)NC(=O)c1cccc(I)c1. The fraction of sp³-hybridized carbons (Fsp3) is 0.207. The molecule has 0 aliphatic heterocycles. The molecule has 2 atom stereocenters. The van der Waals surface area contributed by atoms with Crippen LogP contribution in [-0.2, 0) is 22.6 Å². The molecule has 190 valence electrons. The summed E-state index contributed by atoms with van der Waals surface area (Å²) in [7, 11) is 0. The lowest BCUT2D eigenvalue weighted by Gasteiger charge is -2.21. The first-order valence-electron chi connectivity index (χ1n) is 11.5. The molecule has 0 aliphatic carbocycles. The summed E-state index contributed by atoms with van der Waals surface area (Å²) >= 11 is 2.13. The maximum atomic E-state index is 13.2. The number of aryl methyl sites for hydroxylation is 1. The summed E-state index contributed by atoms with van der Waals surface area (Å²) in [4.78, 5) is 37.3. The van der Waals surface area contributed by atoms with Crippen LogP contribution in [-0.4, -0.2) is 41.6 Å². The Bertz CT molecular complexity index is 1320. The summed E-state index contributed by atoms with van der Waals surface area (Å²) < 4.78 is 6.55. The Morgan fingerprint density at radius 1 is 0.973 bits per heavy atom. The number of hydrogen-bond acceptors (Lipinski definition) is 4. The quantitative estimate of drug-likeness (QED) is 0.225. The molecule has 0 bridgehead atoms. The number of benzene rings is 3. The second-order valence-electron chi connectivity index (χ2n) is 8.48. The van der Waals surface area contributed by atoms with E-state index in [2.05, 4.69) is 39.1 Å². The number of nitrogens with one attached hydrogen (secondary N) is 2. The van der Waals surface area contributed by atoms with Crippen LogP contribution < -0.4 is 10.6 Å². The first-order chi connectivity index (χ1) is 17.7. The molecule has 0 radical (unpaired) electrons. The Hall–Kier alpha value is -3.68. The number of amides is 2. The van der Waals surface area contributed by atoms with Crippen LogP contribution in [0, 0.1) is 22.8 Å². The first kappa shape index (κ1) is 27.9. The lowest BCUT2D eigenvalue weighted by Crippen LogP contribution is -2.51. The van der Waals surface area contributed by atoms with Gasteiger partial charge in [0.1, 0.15) is 12.1 Å². The summed E-state index contributed by atoms with van der Waals surface area (Å²) in [6.07, 6.45) is 5.92. The van der Waals surface area contributed by atoms with Gasteiger partial charge >= 0.3 is 5.97 Å². The molecule has 3 aromatic rings. The Labute approximate surface area is 229 Å². The number of hydrogen-bond donors (Lipinski definition) is 3. The highest BCUT2D eigenvalue weighted by Crippen LogP contribution is 2.11. The average Bonchev–Trinajstić information content (AvgIpc) is 2.87. The Balaban J connectivity index is 1.67. The van der Waals surface area contributed by atoms with Gasteiger partial charge in [-0.1, -0.05) is 53.9 Å². The van der Waals surface area contributed by atoms with Crippen molar-refractivity contribution in [3.8, 4) is 12.3 Å². The average molecular weight is 610 g/mol. The third kappa shape index (κ3) is 8.74. The third-order valence-electron chi connectivity index (χ3n) is 5.48. The first-order valence-corrected chi connectivity index (χ1v) is 12.6. The van der Waals surface area contributed by atoms with E-state index >= 15 is 0 Å². The molecule has 0 saturated heterocycles. The molecule has 0 saturated carbocycles. The number of rotatable bonds is 11. The monoisotopic (exact) mass is 610 g/mol. The normalized spacial score (nSPS) is 12.1. The molecule has 3 aromatic carbocycles. The summed E-state index contributed by atoms with van der Waals surface area (Å²) in [5.41, 5.74) is 3.22. The summed E-state index contributed by atoms with van der Waals surface area (Å²) in [6, 6.07) is 19.6. The zero-order chi connectivity index (χ0) is 26.8. The molecule has 3 rings (SSSR count). The number of carbonyl (C=O) groups excluding carboxylic acids is 2. The van der Waals surface area contributed by atoms with Gasteiger partial charge in [0.05, 0.1) is 18.8 Å². The molecule has 0 fully saturated rings. The van der Waals surface area contributed by atoms with E-state index in [-0.39, 0.29) is 31.1 Å². The van der Waals surface area contributed by atoms with E-state index in [0.29, 0.717) is 11.1 Å². The molecule has 0 aromatic heterocycles. The highest BCUT2D eigenvalue weighted by atomic mass is 127. The Morgan fingerprint density at radius 3 is 2.38 bits per heavy atom. The molecule has 0 unspecified atom stereocenters. The van der Waals surface area contributed by atoms with Gasteiger partial charge in [0, 0.05) is 15.6 Å². The van der Waals surface area contributed by atoms with Crippen molar-refractivity contribution in [1.82, 2.24) is 10.6 Å². The van der Waals surface area contributed by atoms with Crippen LogP contribution >= 0.6 is 22.6 Å². The molecule has 0 aliphatic rings. The number of carboxylic acids is 1. The molecular weight excluding hydrogens is 583 g/mol. The van der Waals surface area contributed by atoms with E-state index < -0.39 is 24.0 Å². The van der Waals surface area contributed by atoms with Crippen LogP contribution in [0.25, 0.3) is 0 Å². The van der Waals surface area contributed by atoms with E-state index in [9.17, 15) is 14.4 Å². The number of halogens is 1.